The molecular weight excluding hydrogens is 280 g/mol. The van der Waals surface area contributed by atoms with Gasteiger partial charge in [-0.1, -0.05) is 23.5 Å². The van der Waals surface area contributed by atoms with Crippen LogP contribution in [-0.4, -0.2) is 44.2 Å². The van der Waals surface area contributed by atoms with Gasteiger partial charge in [-0.3, -0.25) is 14.4 Å². The van der Waals surface area contributed by atoms with Gasteiger partial charge >= 0.3 is 5.97 Å². The summed E-state index contributed by atoms with van der Waals surface area (Å²) in [7, 11) is 0. The van der Waals surface area contributed by atoms with E-state index in [-0.39, 0.29) is 16.8 Å². The average Bonchev–Trinajstić information content (AvgIpc) is 2.83. The first-order chi connectivity index (χ1) is 8.54. The van der Waals surface area contributed by atoms with E-state index in [4.69, 9.17) is 5.11 Å². The molecule has 0 radical (unpaired) electrons. The summed E-state index contributed by atoms with van der Waals surface area (Å²) >= 11 is 2.09. The number of amidine groups is 2. The first kappa shape index (κ1) is 12.9. The van der Waals surface area contributed by atoms with Crippen LogP contribution in [0.4, 0.5) is 4.79 Å². The third-order valence-corrected chi connectivity index (χ3v) is 3.84. The number of aliphatic carboxylic acids is 1. The van der Waals surface area contributed by atoms with Gasteiger partial charge < -0.3 is 15.7 Å². The Balaban J connectivity index is 1.97. The molecule has 0 aromatic rings. The number of nitrogens with one attached hydrogen (secondary N) is 2. The van der Waals surface area contributed by atoms with E-state index in [0.717, 1.165) is 23.5 Å². The van der Waals surface area contributed by atoms with E-state index in [2.05, 4.69) is 20.8 Å². The quantitative estimate of drug-likeness (QED) is 0.619. The molecule has 2 heterocycles. The highest BCUT2D eigenvalue weighted by molar-refractivity contribution is 8.15. The van der Waals surface area contributed by atoms with Crippen molar-refractivity contribution in [1.29, 1.82) is 0 Å². The van der Waals surface area contributed by atoms with Gasteiger partial charge in [0.2, 0.25) is 5.91 Å². The molecule has 1 unspecified atom stereocenters. The second kappa shape index (κ2) is 5.40. The fourth-order valence-electron chi connectivity index (χ4n) is 1.23. The standard InChI is InChI=1S/C8H8N4O4S2/c13-5(14)1-3-6(15)10-7(18-3)12-11-4-2-17-8(16)9-4/h3H,1-2H2,(H,13,14)(H,9,11,16)(H,10,12,15). The Kier molecular flexibility index (Phi) is 3.87. The molecule has 3 N–H and O–H groups in total. The highest BCUT2D eigenvalue weighted by Gasteiger charge is 2.32. The van der Waals surface area contributed by atoms with Gasteiger partial charge in [0.15, 0.2) is 5.17 Å². The molecule has 2 rings (SSSR count). The minimum atomic E-state index is -1.05. The molecular formula is C8H8N4O4S2. The Hall–Kier alpha value is -1.55. The summed E-state index contributed by atoms with van der Waals surface area (Å²) in [6.07, 6.45) is -0.265. The number of carbonyl (C=O) groups excluding carboxylic acids is 2. The van der Waals surface area contributed by atoms with Crippen LogP contribution in [0.3, 0.4) is 0 Å². The molecule has 2 amide bonds. The molecule has 2 fully saturated rings. The molecule has 2 saturated heterocycles. The molecule has 0 aliphatic carbocycles. The highest BCUT2D eigenvalue weighted by Crippen LogP contribution is 2.22. The van der Waals surface area contributed by atoms with Crippen molar-refractivity contribution in [3.8, 4) is 0 Å². The van der Waals surface area contributed by atoms with E-state index >= 15 is 0 Å². The maximum atomic E-state index is 11.4. The van der Waals surface area contributed by atoms with Crippen molar-refractivity contribution in [2.24, 2.45) is 10.2 Å². The van der Waals surface area contributed by atoms with Gasteiger partial charge in [-0.25, -0.2) is 0 Å². The molecule has 0 aromatic carbocycles. The number of amides is 2. The van der Waals surface area contributed by atoms with Gasteiger partial charge in [0, 0.05) is 0 Å². The smallest absolute Gasteiger partial charge is 0.305 e. The molecule has 2 aliphatic heterocycles. The Morgan fingerprint density at radius 3 is 2.78 bits per heavy atom. The molecule has 18 heavy (non-hydrogen) atoms. The molecule has 8 nitrogen and oxygen atoms in total. The van der Waals surface area contributed by atoms with Crippen LogP contribution in [0.2, 0.25) is 0 Å². The first-order valence-electron chi connectivity index (χ1n) is 4.82. The third kappa shape index (κ3) is 3.23. The molecule has 0 spiro atoms. The van der Waals surface area contributed by atoms with Crippen LogP contribution in [0, 0.1) is 0 Å². The molecule has 96 valence electrons. The second-order valence-electron chi connectivity index (χ2n) is 3.35. The Bertz CT molecular complexity index is 476. The zero-order valence-corrected chi connectivity index (χ0v) is 10.5. The summed E-state index contributed by atoms with van der Waals surface area (Å²) in [6.45, 7) is 0. The van der Waals surface area contributed by atoms with E-state index in [1.54, 1.807) is 0 Å². The molecule has 0 bridgehead atoms. The number of carbonyl (C=O) groups is 3. The largest absolute Gasteiger partial charge is 0.481 e. The third-order valence-electron chi connectivity index (χ3n) is 1.98. The van der Waals surface area contributed by atoms with Gasteiger partial charge in [0.05, 0.1) is 12.2 Å². The van der Waals surface area contributed by atoms with Gasteiger partial charge in [-0.15, -0.1) is 10.2 Å². The molecule has 1 atom stereocenters. The second-order valence-corrected chi connectivity index (χ2v) is 5.49. The van der Waals surface area contributed by atoms with Crippen molar-refractivity contribution in [2.45, 2.75) is 11.7 Å². The number of carboxylic acid groups (broad SMARTS) is 1. The van der Waals surface area contributed by atoms with Crippen molar-refractivity contribution in [1.82, 2.24) is 10.6 Å². The minimum Gasteiger partial charge on any atom is -0.481 e. The normalized spacial score (nSPS) is 27.7. The van der Waals surface area contributed by atoms with Crippen molar-refractivity contribution in [3.63, 3.8) is 0 Å². The lowest BCUT2D eigenvalue weighted by Gasteiger charge is -1.97. The zero-order valence-electron chi connectivity index (χ0n) is 8.87. The molecule has 0 saturated carbocycles. The Labute approximate surface area is 110 Å². The molecule has 0 aromatic heterocycles. The predicted molar refractivity (Wildman–Crippen MR) is 67.6 cm³/mol. The first-order valence-corrected chi connectivity index (χ1v) is 6.69. The van der Waals surface area contributed by atoms with Crippen LogP contribution in [0.1, 0.15) is 6.42 Å². The predicted octanol–water partition coefficient (Wildman–Crippen LogP) is -0.181. The number of hydrogen-bond donors (Lipinski definition) is 3. The van der Waals surface area contributed by atoms with E-state index in [0.29, 0.717) is 11.6 Å². The fourth-order valence-corrected chi connectivity index (χ4v) is 2.73. The summed E-state index contributed by atoms with van der Waals surface area (Å²) < 4.78 is 0. The van der Waals surface area contributed by atoms with Crippen molar-refractivity contribution in [3.05, 3.63) is 0 Å². The van der Waals surface area contributed by atoms with E-state index in [1.165, 1.54) is 0 Å². The zero-order chi connectivity index (χ0) is 13.1. The van der Waals surface area contributed by atoms with Crippen LogP contribution >= 0.6 is 23.5 Å². The fraction of sp³-hybridized carbons (Fsp3) is 0.375. The topological polar surface area (TPSA) is 120 Å². The maximum absolute atomic E-state index is 11.4. The molecule has 10 heteroatoms. The Morgan fingerprint density at radius 2 is 2.17 bits per heavy atom. The van der Waals surface area contributed by atoms with Crippen molar-refractivity contribution < 1.29 is 19.5 Å². The van der Waals surface area contributed by atoms with Gasteiger partial charge in [0.25, 0.3) is 5.24 Å². The summed E-state index contributed by atoms with van der Waals surface area (Å²) in [5.74, 6) is -0.623. The van der Waals surface area contributed by atoms with Crippen molar-refractivity contribution in [2.75, 3.05) is 5.75 Å². The summed E-state index contributed by atoms with van der Waals surface area (Å²) in [6, 6.07) is 0. The lowest BCUT2D eigenvalue weighted by Crippen LogP contribution is -2.26. The number of rotatable bonds is 3. The average molecular weight is 288 g/mol. The Morgan fingerprint density at radius 1 is 1.39 bits per heavy atom. The van der Waals surface area contributed by atoms with E-state index in [9.17, 15) is 14.4 Å². The van der Waals surface area contributed by atoms with Crippen molar-refractivity contribution >= 4 is 51.6 Å². The summed E-state index contributed by atoms with van der Waals surface area (Å²) in [5.41, 5.74) is 0. The van der Waals surface area contributed by atoms with Crippen LogP contribution in [0.15, 0.2) is 10.2 Å². The lowest BCUT2D eigenvalue weighted by atomic mass is 10.3. The van der Waals surface area contributed by atoms with Gasteiger partial charge in [-0.2, -0.15) is 0 Å². The summed E-state index contributed by atoms with van der Waals surface area (Å²) in [5, 5.41) is 20.4. The number of thioether (sulfide) groups is 2. The van der Waals surface area contributed by atoms with E-state index in [1.807, 2.05) is 0 Å². The summed E-state index contributed by atoms with van der Waals surface area (Å²) in [4.78, 5) is 32.7. The molecule has 2 aliphatic rings. The van der Waals surface area contributed by atoms with Crippen LogP contribution in [0.25, 0.3) is 0 Å². The highest BCUT2D eigenvalue weighted by atomic mass is 32.2. The maximum Gasteiger partial charge on any atom is 0.305 e. The van der Waals surface area contributed by atoms with Gasteiger partial charge in [-0.05, 0) is 0 Å². The van der Waals surface area contributed by atoms with E-state index < -0.39 is 17.1 Å². The lowest BCUT2D eigenvalue weighted by molar-refractivity contribution is -0.138. The van der Waals surface area contributed by atoms with Crippen LogP contribution in [-0.2, 0) is 9.59 Å². The number of nitrogens with zero attached hydrogens (tertiary/aromatic N) is 2. The number of carboxylic acids is 1. The van der Waals surface area contributed by atoms with Gasteiger partial charge in [0.1, 0.15) is 11.1 Å². The minimum absolute atomic E-state index is 0.194. The number of hydrogen-bond acceptors (Lipinski definition) is 7. The monoisotopic (exact) mass is 288 g/mol. The van der Waals surface area contributed by atoms with Crippen LogP contribution < -0.4 is 10.6 Å². The SMILES string of the molecule is O=C(O)CC1SC(=N/N=C2/CSC(=O)N2)NC1=O. The van der Waals surface area contributed by atoms with Crippen LogP contribution in [0.5, 0.6) is 0 Å².